The van der Waals surface area contributed by atoms with E-state index in [2.05, 4.69) is 10.0 Å². The van der Waals surface area contributed by atoms with Gasteiger partial charge >= 0.3 is 5.97 Å². The molecule has 0 radical (unpaired) electrons. The molecule has 0 aliphatic rings. The average Bonchev–Trinajstić information content (AvgIpc) is 2.50. The third-order valence-electron chi connectivity index (χ3n) is 3.55. The molecule has 1 atom stereocenters. The van der Waals surface area contributed by atoms with Gasteiger partial charge in [-0.1, -0.05) is 27.7 Å². The molecule has 0 aromatic heterocycles. The highest BCUT2D eigenvalue weighted by molar-refractivity contribution is 7.89. The van der Waals surface area contributed by atoms with Gasteiger partial charge in [0.25, 0.3) is 5.91 Å². The maximum atomic E-state index is 12.2. The Bertz CT molecular complexity index is 706. The molecule has 1 aromatic carbocycles. The normalized spacial score (nSPS) is 13.3. The summed E-state index contributed by atoms with van der Waals surface area (Å²) in [6.45, 7) is 7.92. The zero-order valence-electron chi connectivity index (χ0n) is 15.0. The van der Waals surface area contributed by atoms with Crippen molar-refractivity contribution >= 4 is 21.9 Å². The second-order valence-corrected chi connectivity index (χ2v) is 8.76. The van der Waals surface area contributed by atoms with Crippen LogP contribution in [0.15, 0.2) is 29.2 Å². The van der Waals surface area contributed by atoms with Gasteiger partial charge in [-0.25, -0.2) is 17.9 Å². The lowest BCUT2D eigenvalue weighted by atomic mass is 9.88. The van der Waals surface area contributed by atoms with Crippen LogP contribution in [0.3, 0.4) is 0 Å². The Balaban J connectivity index is 2.83. The monoisotopic (exact) mass is 370 g/mol. The van der Waals surface area contributed by atoms with Gasteiger partial charge in [0.15, 0.2) is 0 Å². The fourth-order valence-electron chi connectivity index (χ4n) is 2.14. The molecule has 0 bridgehead atoms. The summed E-state index contributed by atoms with van der Waals surface area (Å²) < 4.78 is 26.1. The van der Waals surface area contributed by atoms with Gasteiger partial charge in [-0.3, -0.25) is 4.79 Å². The molecule has 7 nitrogen and oxygen atoms in total. The molecule has 1 rings (SSSR count). The Hall–Kier alpha value is -1.93. The smallest absolute Gasteiger partial charge is 0.326 e. The van der Waals surface area contributed by atoms with E-state index in [1.807, 2.05) is 20.8 Å². The zero-order valence-corrected chi connectivity index (χ0v) is 15.8. The molecule has 8 heteroatoms. The predicted octanol–water partition coefficient (Wildman–Crippen LogP) is 1.99. The van der Waals surface area contributed by atoms with Gasteiger partial charge in [0.1, 0.15) is 6.04 Å². The maximum Gasteiger partial charge on any atom is 0.326 e. The summed E-state index contributed by atoms with van der Waals surface area (Å²) in [5.74, 6) is -1.64. The Labute approximate surface area is 148 Å². The number of carbonyl (C=O) groups excluding carboxylic acids is 1. The number of hydrogen-bond donors (Lipinski definition) is 3. The van der Waals surface area contributed by atoms with Crippen molar-refractivity contribution in [3.8, 4) is 0 Å². The van der Waals surface area contributed by atoms with Gasteiger partial charge < -0.3 is 10.4 Å². The van der Waals surface area contributed by atoms with Gasteiger partial charge in [0.05, 0.1) is 4.90 Å². The molecule has 1 amide bonds. The van der Waals surface area contributed by atoms with Gasteiger partial charge in [-0.2, -0.15) is 0 Å². The molecular weight excluding hydrogens is 344 g/mol. The summed E-state index contributed by atoms with van der Waals surface area (Å²) in [7, 11) is -3.59. The summed E-state index contributed by atoms with van der Waals surface area (Å²) in [5, 5.41) is 11.8. The minimum Gasteiger partial charge on any atom is -0.480 e. The van der Waals surface area contributed by atoms with Gasteiger partial charge in [-0.15, -0.1) is 0 Å². The van der Waals surface area contributed by atoms with Crippen molar-refractivity contribution in [2.75, 3.05) is 6.54 Å². The molecule has 0 saturated carbocycles. The number of amides is 1. The molecule has 0 heterocycles. The largest absolute Gasteiger partial charge is 0.480 e. The van der Waals surface area contributed by atoms with Crippen LogP contribution in [0.1, 0.15) is 50.9 Å². The van der Waals surface area contributed by atoms with Crippen molar-refractivity contribution in [3.05, 3.63) is 29.8 Å². The number of carboxylic acids is 1. The summed E-state index contributed by atoms with van der Waals surface area (Å²) in [5.41, 5.74) is 0.165. The van der Waals surface area contributed by atoms with E-state index in [0.717, 1.165) is 0 Å². The molecule has 25 heavy (non-hydrogen) atoms. The van der Waals surface area contributed by atoms with Crippen molar-refractivity contribution in [2.45, 2.75) is 51.5 Å². The minimum atomic E-state index is -3.59. The van der Waals surface area contributed by atoms with Crippen LogP contribution in [-0.4, -0.2) is 38.0 Å². The Morgan fingerprint density at radius 2 is 1.72 bits per heavy atom. The number of nitrogens with one attached hydrogen (secondary N) is 2. The van der Waals surface area contributed by atoms with E-state index in [4.69, 9.17) is 0 Å². The van der Waals surface area contributed by atoms with Crippen molar-refractivity contribution in [3.63, 3.8) is 0 Å². The van der Waals surface area contributed by atoms with Gasteiger partial charge in [-0.05, 0) is 42.5 Å². The van der Waals surface area contributed by atoms with Crippen LogP contribution in [0.5, 0.6) is 0 Å². The molecule has 0 saturated heterocycles. The third-order valence-corrected chi connectivity index (χ3v) is 5.11. The molecule has 0 aliphatic carbocycles. The highest BCUT2D eigenvalue weighted by Crippen LogP contribution is 2.22. The zero-order chi connectivity index (χ0) is 19.3. The van der Waals surface area contributed by atoms with Crippen LogP contribution in [0.4, 0.5) is 0 Å². The first kappa shape index (κ1) is 21.1. The fourth-order valence-corrected chi connectivity index (χ4v) is 3.18. The number of rotatable bonds is 8. The minimum absolute atomic E-state index is 0.0410. The molecule has 0 spiro atoms. The van der Waals surface area contributed by atoms with Crippen LogP contribution in [0.2, 0.25) is 0 Å². The molecule has 3 N–H and O–H groups in total. The molecule has 1 aromatic rings. The SMILES string of the molecule is CCNS(=O)(=O)c1ccc(C(=O)NC(CCC(C)(C)C)C(=O)O)cc1. The van der Waals surface area contributed by atoms with Crippen LogP contribution >= 0.6 is 0 Å². The summed E-state index contributed by atoms with van der Waals surface area (Å²) >= 11 is 0. The number of benzene rings is 1. The maximum absolute atomic E-state index is 12.2. The summed E-state index contributed by atoms with van der Waals surface area (Å²) in [6.07, 6.45) is 0.960. The molecule has 0 aliphatic heterocycles. The standard InChI is InChI=1S/C17H26N2O5S/c1-5-18-25(23,24)13-8-6-12(7-9-13)15(20)19-14(16(21)22)10-11-17(2,3)4/h6-9,14,18H,5,10-11H2,1-4H3,(H,19,20)(H,21,22). The van der Waals surface area contributed by atoms with Crippen LogP contribution in [-0.2, 0) is 14.8 Å². The first-order chi connectivity index (χ1) is 11.5. The Morgan fingerprint density at radius 1 is 1.16 bits per heavy atom. The van der Waals surface area contributed by atoms with Crippen molar-refractivity contribution in [1.82, 2.24) is 10.0 Å². The highest BCUT2D eigenvalue weighted by Gasteiger charge is 2.23. The first-order valence-electron chi connectivity index (χ1n) is 8.09. The lowest BCUT2D eigenvalue weighted by molar-refractivity contribution is -0.139. The van der Waals surface area contributed by atoms with E-state index in [1.165, 1.54) is 24.3 Å². The Morgan fingerprint density at radius 3 is 2.16 bits per heavy atom. The number of carboxylic acid groups (broad SMARTS) is 1. The van der Waals surface area contributed by atoms with E-state index in [-0.39, 0.29) is 22.4 Å². The number of hydrogen-bond acceptors (Lipinski definition) is 4. The lowest BCUT2D eigenvalue weighted by Crippen LogP contribution is -2.41. The quantitative estimate of drug-likeness (QED) is 0.648. The number of sulfonamides is 1. The molecule has 1 unspecified atom stereocenters. The van der Waals surface area contributed by atoms with E-state index < -0.39 is 27.9 Å². The Kier molecular flexibility index (Phi) is 7.13. The summed E-state index contributed by atoms with van der Waals surface area (Å²) in [4.78, 5) is 23.6. The number of aliphatic carboxylic acids is 1. The molecular formula is C17H26N2O5S. The van der Waals surface area contributed by atoms with Crippen molar-refractivity contribution < 1.29 is 23.1 Å². The van der Waals surface area contributed by atoms with E-state index >= 15 is 0 Å². The molecule has 0 fully saturated rings. The first-order valence-corrected chi connectivity index (χ1v) is 9.58. The third kappa shape index (κ3) is 6.83. The summed E-state index contributed by atoms with van der Waals surface area (Å²) in [6, 6.07) is 4.37. The van der Waals surface area contributed by atoms with Crippen LogP contribution < -0.4 is 10.0 Å². The van der Waals surface area contributed by atoms with Crippen molar-refractivity contribution in [2.24, 2.45) is 5.41 Å². The van der Waals surface area contributed by atoms with E-state index in [1.54, 1.807) is 6.92 Å². The topological polar surface area (TPSA) is 113 Å². The van der Waals surface area contributed by atoms with Crippen LogP contribution in [0.25, 0.3) is 0 Å². The number of carbonyl (C=O) groups is 2. The fraction of sp³-hybridized carbons (Fsp3) is 0.529. The second-order valence-electron chi connectivity index (χ2n) is 6.99. The highest BCUT2D eigenvalue weighted by atomic mass is 32.2. The second kappa shape index (κ2) is 8.44. The van der Waals surface area contributed by atoms with E-state index in [9.17, 15) is 23.1 Å². The van der Waals surface area contributed by atoms with E-state index in [0.29, 0.717) is 12.8 Å². The predicted molar refractivity (Wildman–Crippen MR) is 94.9 cm³/mol. The van der Waals surface area contributed by atoms with Gasteiger partial charge in [0.2, 0.25) is 10.0 Å². The lowest BCUT2D eigenvalue weighted by Gasteiger charge is -2.21. The van der Waals surface area contributed by atoms with Crippen molar-refractivity contribution in [1.29, 1.82) is 0 Å². The van der Waals surface area contributed by atoms with Gasteiger partial charge in [0, 0.05) is 12.1 Å². The van der Waals surface area contributed by atoms with Crippen LogP contribution in [0, 0.1) is 5.41 Å². The average molecular weight is 370 g/mol. The molecule has 140 valence electrons.